The van der Waals surface area contributed by atoms with E-state index < -0.39 is 5.97 Å². The Bertz CT molecular complexity index is 730. The number of hydroxylamine groups is 1. The Kier molecular flexibility index (Phi) is 33.4. The molecule has 0 saturated carbocycles. The second-order valence-corrected chi connectivity index (χ2v) is 15.5. The van der Waals surface area contributed by atoms with E-state index in [-0.39, 0.29) is 18.6 Å². The summed E-state index contributed by atoms with van der Waals surface area (Å²) >= 11 is 0. The minimum absolute atomic E-state index is 0.103. The van der Waals surface area contributed by atoms with Crippen LogP contribution >= 0.6 is 21.6 Å². The number of ether oxygens (including phenoxy) is 1. The van der Waals surface area contributed by atoms with Gasteiger partial charge >= 0.3 is 5.97 Å². The van der Waals surface area contributed by atoms with Gasteiger partial charge in [-0.05, 0) is 119 Å². The molecule has 0 bridgehead atoms. The van der Waals surface area contributed by atoms with E-state index in [9.17, 15) is 9.59 Å². The fourth-order valence-corrected chi connectivity index (χ4v) is 6.90. The SMILES string of the molecule is CCCCN(C)CCCCN(C)CCCNOCCCSSCCC(=O)NCCCN(C)CCC(CN(C)CCCC)OCC(=O)O. The summed E-state index contributed by atoms with van der Waals surface area (Å²) in [5.41, 5.74) is 3.09. The summed E-state index contributed by atoms with van der Waals surface area (Å²) in [6.07, 6.45) is 11.5. The molecule has 0 heterocycles. The highest BCUT2D eigenvalue weighted by Crippen LogP contribution is 2.22. The van der Waals surface area contributed by atoms with Crippen LogP contribution in [0.3, 0.4) is 0 Å². The number of likely N-dealkylation sites (N-methyl/N-ethyl adjacent to an activating group) is 1. The van der Waals surface area contributed by atoms with Crippen LogP contribution in [0.4, 0.5) is 0 Å². The summed E-state index contributed by atoms with van der Waals surface area (Å²) in [4.78, 5) is 38.0. The van der Waals surface area contributed by atoms with Crippen molar-refractivity contribution in [2.24, 2.45) is 0 Å². The first-order valence-electron chi connectivity index (χ1n) is 18.1. The summed E-state index contributed by atoms with van der Waals surface area (Å²) in [5, 5.41) is 12.0. The Balaban J connectivity index is 3.64. The molecule has 11 nitrogen and oxygen atoms in total. The van der Waals surface area contributed by atoms with E-state index in [4.69, 9.17) is 14.7 Å². The van der Waals surface area contributed by atoms with E-state index in [1.165, 1.54) is 38.8 Å². The van der Waals surface area contributed by atoms with Crippen LogP contribution in [0.1, 0.15) is 84.5 Å². The van der Waals surface area contributed by atoms with Gasteiger partial charge < -0.3 is 39.6 Å². The predicted molar refractivity (Wildman–Crippen MR) is 201 cm³/mol. The molecule has 0 radical (unpaired) electrons. The van der Waals surface area contributed by atoms with Gasteiger partial charge in [-0.25, -0.2) is 10.3 Å². The number of carbonyl (C=O) groups is 2. The van der Waals surface area contributed by atoms with E-state index in [1.54, 1.807) is 21.6 Å². The molecule has 0 rings (SSSR count). The molecule has 0 aromatic rings. The minimum Gasteiger partial charge on any atom is -0.480 e. The van der Waals surface area contributed by atoms with Crippen molar-refractivity contribution in [3.05, 3.63) is 0 Å². The molecule has 0 aromatic heterocycles. The van der Waals surface area contributed by atoms with Crippen molar-refractivity contribution in [3.8, 4) is 0 Å². The standard InChI is InChI=1S/C34H72N6O5S2/c1-7-9-20-37(3)22-11-12-23-38(4)25-14-19-36-45-27-15-28-46-47-29-17-33(41)35-18-13-24-39(5)26-16-32(44-31-34(42)43)30-40(6)21-10-8-2/h32,36H,7-31H2,1-6H3,(H,35,41)(H,42,43). The van der Waals surface area contributed by atoms with Crippen LogP contribution in [0.2, 0.25) is 0 Å². The van der Waals surface area contributed by atoms with Gasteiger partial charge in [-0.15, -0.1) is 0 Å². The molecule has 1 amide bonds. The average Bonchev–Trinajstić information content (AvgIpc) is 3.04. The molecule has 0 aliphatic rings. The Morgan fingerprint density at radius 1 is 0.702 bits per heavy atom. The molecule has 1 atom stereocenters. The molecular formula is C34H72N6O5S2. The quantitative estimate of drug-likeness (QED) is 0.0484. The summed E-state index contributed by atoms with van der Waals surface area (Å²) in [7, 11) is 12.1. The number of rotatable bonds is 36. The monoisotopic (exact) mass is 709 g/mol. The smallest absolute Gasteiger partial charge is 0.329 e. The highest BCUT2D eigenvalue weighted by Gasteiger charge is 2.15. The molecule has 47 heavy (non-hydrogen) atoms. The number of hydrogen-bond donors (Lipinski definition) is 3. The maximum atomic E-state index is 12.2. The molecular weight excluding hydrogens is 637 g/mol. The number of aliphatic carboxylic acids is 1. The van der Waals surface area contributed by atoms with Gasteiger partial charge in [0.1, 0.15) is 6.61 Å². The van der Waals surface area contributed by atoms with Gasteiger partial charge in [0.25, 0.3) is 0 Å². The fraction of sp³-hybridized carbons (Fsp3) is 0.941. The maximum Gasteiger partial charge on any atom is 0.329 e. The number of nitrogens with one attached hydrogen (secondary N) is 2. The molecule has 13 heteroatoms. The molecule has 1 unspecified atom stereocenters. The van der Waals surface area contributed by atoms with Crippen molar-refractivity contribution in [1.29, 1.82) is 0 Å². The van der Waals surface area contributed by atoms with E-state index in [1.807, 2.05) is 0 Å². The summed E-state index contributed by atoms with van der Waals surface area (Å²) < 4.78 is 5.64. The van der Waals surface area contributed by atoms with Crippen molar-refractivity contribution in [1.82, 2.24) is 30.4 Å². The van der Waals surface area contributed by atoms with Crippen LogP contribution in [-0.4, -0.2) is 161 Å². The highest BCUT2D eigenvalue weighted by atomic mass is 33.1. The molecule has 0 aliphatic heterocycles. The third-order valence-electron chi connectivity index (χ3n) is 7.84. The molecule has 0 fully saturated rings. The Morgan fingerprint density at radius 3 is 1.89 bits per heavy atom. The first-order chi connectivity index (χ1) is 22.7. The second kappa shape index (κ2) is 33.8. The Hall–Kier alpha value is -0.640. The summed E-state index contributed by atoms with van der Waals surface area (Å²) in [6, 6.07) is 0. The van der Waals surface area contributed by atoms with Crippen LogP contribution in [0.5, 0.6) is 0 Å². The summed E-state index contributed by atoms with van der Waals surface area (Å²) in [5.74, 6) is 0.986. The van der Waals surface area contributed by atoms with Gasteiger partial charge in [-0.1, -0.05) is 48.3 Å². The molecule has 0 aromatic carbocycles. The number of carboxylic acid groups (broad SMARTS) is 1. The number of carbonyl (C=O) groups excluding carboxylic acids is 1. The van der Waals surface area contributed by atoms with E-state index in [0.29, 0.717) is 19.6 Å². The topological polar surface area (TPSA) is 110 Å². The van der Waals surface area contributed by atoms with Gasteiger partial charge in [0.05, 0.1) is 12.7 Å². The highest BCUT2D eigenvalue weighted by molar-refractivity contribution is 8.76. The van der Waals surface area contributed by atoms with Gasteiger partial charge in [-0.2, -0.15) is 0 Å². The van der Waals surface area contributed by atoms with Gasteiger partial charge in [0, 0.05) is 44.1 Å². The molecule has 0 spiro atoms. The van der Waals surface area contributed by atoms with Crippen molar-refractivity contribution < 1.29 is 24.3 Å². The average molecular weight is 709 g/mol. The van der Waals surface area contributed by atoms with Gasteiger partial charge in [-0.3, -0.25) is 4.79 Å². The molecule has 280 valence electrons. The van der Waals surface area contributed by atoms with E-state index in [2.05, 4.69) is 72.4 Å². The zero-order chi connectivity index (χ0) is 35.0. The minimum atomic E-state index is -0.933. The van der Waals surface area contributed by atoms with Crippen LogP contribution in [-0.2, 0) is 19.2 Å². The number of hydrogen-bond acceptors (Lipinski definition) is 11. The zero-order valence-electron chi connectivity index (χ0n) is 30.9. The Morgan fingerprint density at radius 2 is 1.26 bits per heavy atom. The van der Waals surface area contributed by atoms with Gasteiger partial charge in [0.15, 0.2) is 0 Å². The first-order valence-corrected chi connectivity index (χ1v) is 20.6. The normalized spacial score (nSPS) is 12.6. The van der Waals surface area contributed by atoms with Gasteiger partial charge in [0.2, 0.25) is 5.91 Å². The largest absolute Gasteiger partial charge is 0.480 e. The van der Waals surface area contributed by atoms with Crippen molar-refractivity contribution in [2.45, 2.75) is 90.6 Å². The third kappa shape index (κ3) is 33.6. The van der Waals surface area contributed by atoms with Crippen LogP contribution in [0, 0.1) is 0 Å². The number of amides is 1. The van der Waals surface area contributed by atoms with Crippen molar-refractivity contribution in [3.63, 3.8) is 0 Å². The predicted octanol–water partition coefficient (Wildman–Crippen LogP) is 4.53. The van der Waals surface area contributed by atoms with E-state index in [0.717, 1.165) is 95.8 Å². The number of carboxylic acids is 1. The molecule has 3 N–H and O–H groups in total. The maximum absolute atomic E-state index is 12.2. The first kappa shape index (κ1) is 46.4. The lowest BCUT2D eigenvalue weighted by Gasteiger charge is -2.26. The lowest BCUT2D eigenvalue weighted by atomic mass is 10.2. The molecule has 0 aliphatic carbocycles. The Labute approximate surface area is 296 Å². The van der Waals surface area contributed by atoms with Crippen molar-refractivity contribution >= 4 is 33.5 Å². The lowest BCUT2D eigenvalue weighted by molar-refractivity contribution is -0.145. The van der Waals surface area contributed by atoms with Crippen LogP contribution < -0.4 is 10.8 Å². The molecule has 0 saturated heterocycles. The lowest BCUT2D eigenvalue weighted by Crippen LogP contribution is -2.36. The summed E-state index contributed by atoms with van der Waals surface area (Å²) in [6.45, 7) is 14.5. The fourth-order valence-electron chi connectivity index (χ4n) is 4.85. The second-order valence-electron chi connectivity index (χ2n) is 12.7. The van der Waals surface area contributed by atoms with Crippen molar-refractivity contribution in [2.75, 3.05) is 118 Å². The number of unbranched alkanes of at least 4 members (excludes halogenated alkanes) is 3. The number of nitrogens with zero attached hydrogens (tertiary/aromatic N) is 4. The van der Waals surface area contributed by atoms with E-state index >= 15 is 0 Å². The third-order valence-corrected chi connectivity index (χ3v) is 10.3. The van der Waals surface area contributed by atoms with Crippen LogP contribution in [0.25, 0.3) is 0 Å². The zero-order valence-corrected chi connectivity index (χ0v) is 32.6. The van der Waals surface area contributed by atoms with Crippen LogP contribution in [0.15, 0.2) is 0 Å².